The molecule has 1 rings (SSSR count). The Morgan fingerprint density at radius 3 is 2.41 bits per heavy atom. The molecule has 0 aromatic heterocycles. The Labute approximate surface area is 109 Å². The summed E-state index contributed by atoms with van der Waals surface area (Å²) in [4.78, 5) is 11.6. The third kappa shape index (κ3) is 5.20. The van der Waals surface area contributed by atoms with E-state index in [-0.39, 0.29) is 23.7 Å². The second-order valence-corrected chi connectivity index (χ2v) is 4.57. The fourth-order valence-electron chi connectivity index (χ4n) is 1.67. The Morgan fingerprint density at radius 1 is 1.29 bits per heavy atom. The number of rotatable bonds is 5. The molecule has 17 heavy (non-hydrogen) atoms. The molecule has 4 heteroatoms. The second-order valence-electron chi connectivity index (χ2n) is 4.57. The first-order valence-electron chi connectivity index (χ1n) is 5.58. The maximum atomic E-state index is 11.6. The maximum absolute atomic E-state index is 11.6. The monoisotopic (exact) mass is 256 g/mol. The lowest BCUT2D eigenvalue weighted by molar-refractivity contribution is -0.122. The average Bonchev–Trinajstić information content (AvgIpc) is 2.27. The van der Waals surface area contributed by atoms with Crippen LogP contribution >= 0.6 is 12.4 Å². The van der Waals surface area contributed by atoms with Crippen LogP contribution in [0.15, 0.2) is 30.3 Å². The lowest BCUT2D eigenvalue weighted by atomic mass is 9.81. The van der Waals surface area contributed by atoms with Gasteiger partial charge >= 0.3 is 0 Å². The minimum atomic E-state index is -0.139. The van der Waals surface area contributed by atoms with Crippen molar-refractivity contribution in [2.24, 2.45) is 5.73 Å². The van der Waals surface area contributed by atoms with Gasteiger partial charge in [0.2, 0.25) is 5.91 Å². The lowest BCUT2D eigenvalue weighted by Crippen LogP contribution is -2.33. The third-order valence-electron chi connectivity index (χ3n) is 2.62. The van der Waals surface area contributed by atoms with Gasteiger partial charge in [-0.1, -0.05) is 44.2 Å². The van der Waals surface area contributed by atoms with Crippen LogP contribution in [0, 0.1) is 0 Å². The number of benzene rings is 1. The Hall–Kier alpha value is -1.06. The molecule has 0 aliphatic heterocycles. The summed E-state index contributed by atoms with van der Waals surface area (Å²) in [7, 11) is 0. The molecule has 0 aliphatic carbocycles. The molecular weight excluding hydrogens is 236 g/mol. The lowest BCUT2D eigenvalue weighted by Gasteiger charge is -2.24. The first-order valence-corrected chi connectivity index (χ1v) is 5.58. The van der Waals surface area contributed by atoms with Crippen molar-refractivity contribution in [3.8, 4) is 0 Å². The van der Waals surface area contributed by atoms with E-state index in [4.69, 9.17) is 5.73 Å². The molecule has 1 aromatic carbocycles. The van der Waals surface area contributed by atoms with Crippen LogP contribution in [0.1, 0.15) is 25.8 Å². The predicted octanol–water partition coefficient (Wildman–Crippen LogP) is 1.85. The number of nitrogens with two attached hydrogens (primary N) is 1. The number of hydrogen-bond donors (Lipinski definition) is 2. The van der Waals surface area contributed by atoms with Gasteiger partial charge in [-0.2, -0.15) is 0 Å². The van der Waals surface area contributed by atoms with Crippen LogP contribution in [0.3, 0.4) is 0 Å². The molecule has 0 bridgehead atoms. The van der Waals surface area contributed by atoms with Crippen molar-refractivity contribution >= 4 is 18.3 Å². The van der Waals surface area contributed by atoms with Crippen LogP contribution in [0.5, 0.6) is 0 Å². The second kappa shape index (κ2) is 7.30. The SMILES string of the molecule is CC(C)(CC(=O)NCCN)c1ccccc1.Cl. The molecule has 0 fully saturated rings. The van der Waals surface area contributed by atoms with Crippen molar-refractivity contribution in [1.29, 1.82) is 0 Å². The highest BCUT2D eigenvalue weighted by atomic mass is 35.5. The zero-order chi connectivity index (χ0) is 12.0. The summed E-state index contributed by atoms with van der Waals surface area (Å²) in [5, 5.41) is 2.79. The van der Waals surface area contributed by atoms with Gasteiger partial charge in [0.05, 0.1) is 0 Å². The van der Waals surface area contributed by atoms with Crippen LogP contribution in [0.2, 0.25) is 0 Å². The van der Waals surface area contributed by atoms with E-state index in [1.165, 1.54) is 5.56 Å². The van der Waals surface area contributed by atoms with Gasteiger partial charge in [0.15, 0.2) is 0 Å². The van der Waals surface area contributed by atoms with E-state index in [1.54, 1.807) is 0 Å². The summed E-state index contributed by atoms with van der Waals surface area (Å²) in [6.45, 7) is 5.18. The van der Waals surface area contributed by atoms with Gasteiger partial charge in [-0.3, -0.25) is 4.79 Å². The van der Waals surface area contributed by atoms with E-state index < -0.39 is 0 Å². The van der Waals surface area contributed by atoms with Gasteiger partial charge in [-0.05, 0) is 11.0 Å². The van der Waals surface area contributed by atoms with Gasteiger partial charge in [0.25, 0.3) is 0 Å². The molecule has 0 heterocycles. The molecule has 1 aromatic rings. The third-order valence-corrected chi connectivity index (χ3v) is 2.62. The Bertz CT molecular complexity index is 339. The van der Waals surface area contributed by atoms with Crippen LogP contribution in [-0.4, -0.2) is 19.0 Å². The van der Waals surface area contributed by atoms with Gasteiger partial charge in [0, 0.05) is 19.5 Å². The van der Waals surface area contributed by atoms with E-state index in [9.17, 15) is 4.79 Å². The average molecular weight is 257 g/mol. The number of amides is 1. The predicted molar refractivity (Wildman–Crippen MR) is 73.4 cm³/mol. The van der Waals surface area contributed by atoms with Crippen molar-refractivity contribution < 1.29 is 4.79 Å². The molecule has 3 N–H and O–H groups in total. The molecule has 0 spiro atoms. The molecule has 96 valence electrons. The molecule has 3 nitrogen and oxygen atoms in total. The molecule has 0 saturated heterocycles. The highest BCUT2D eigenvalue weighted by Gasteiger charge is 2.23. The Kier molecular flexibility index (Phi) is 6.85. The van der Waals surface area contributed by atoms with Crippen LogP contribution in [-0.2, 0) is 10.2 Å². The summed E-state index contributed by atoms with van der Waals surface area (Å²) in [5.41, 5.74) is 6.38. The minimum Gasteiger partial charge on any atom is -0.355 e. The van der Waals surface area contributed by atoms with E-state index in [1.807, 2.05) is 18.2 Å². The van der Waals surface area contributed by atoms with Crippen molar-refractivity contribution in [3.63, 3.8) is 0 Å². The highest BCUT2D eigenvalue weighted by Crippen LogP contribution is 2.26. The normalized spacial score (nSPS) is 10.5. The number of carbonyl (C=O) groups is 1. The summed E-state index contributed by atoms with van der Waals surface area (Å²) in [5.74, 6) is 0.0549. The van der Waals surface area contributed by atoms with Crippen LogP contribution < -0.4 is 11.1 Å². The Morgan fingerprint density at radius 2 is 1.88 bits per heavy atom. The molecule has 0 radical (unpaired) electrons. The zero-order valence-corrected chi connectivity index (χ0v) is 11.2. The summed E-state index contributed by atoms with van der Waals surface area (Å²) in [6, 6.07) is 10.1. The minimum absolute atomic E-state index is 0. The maximum Gasteiger partial charge on any atom is 0.220 e. The zero-order valence-electron chi connectivity index (χ0n) is 10.4. The first kappa shape index (κ1) is 15.9. The molecular formula is C13H21ClN2O. The quantitative estimate of drug-likeness (QED) is 0.845. The molecule has 1 amide bonds. The van der Waals surface area contributed by atoms with Crippen molar-refractivity contribution in [1.82, 2.24) is 5.32 Å². The van der Waals surface area contributed by atoms with Gasteiger partial charge < -0.3 is 11.1 Å². The Balaban J connectivity index is 0.00000256. The van der Waals surface area contributed by atoms with E-state index in [0.717, 1.165) is 0 Å². The summed E-state index contributed by atoms with van der Waals surface area (Å²) >= 11 is 0. The van der Waals surface area contributed by atoms with E-state index >= 15 is 0 Å². The van der Waals surface area contributed by atoms with Crippen LogP contribution in [0.4, 0.5) is 0 Å². The highest BCUT2D eigenvalue weighted by molar-refractivity contribution is 5.85. The standard InChI is InChI=1S/C13H20N2O.ClH/c1-13(2,10-12(16)15-9-8-14)11-6-4-3-5-7-11;/h3-7H,8-10,14H2,1-2H3,(H,15,16);1H. The fourth-order valence-corrected chi connectivity index (χ4v) is 1.67. The van der Waals surface area contributed by atoms with Crippen molar-refractivity contribution in [2.75, 3.05) is 13.1 Å². The first-order chi connectivity index (χ1) is 7.56. The van der Waals surface area contributed by atoms with Crippen molar-refractivity contribution in [3.05, 3.63) is 35.9 Å². The smallest absolute Gasteiger partial charge is 0.220 e. The number of hydrogen-bond acceptors (Lipinski definition) is 2. The van der Waals surface area contributed by atoms with Crippen LogP contribution in [0.25, 0.3) is 0 Å². The number of carbonyl (C=O) groups excluding carboxylic acids is 1. The largest absolute Gasteiger partial charge is 0.355 e. The number of nitrogens with one attached hydrogen (secondary N) is 1. The summed E-state index contributed by atoms with van der Waals surface area (Å²) in [6.07, 6.45) is 0.483. The number of halogens is 1. The van der Waals surface area contributed by atoms with Gasteiger partial charge in [-0.15, -0.1) is 12.4 Å². The van der Waals surface area contributed by atoms with E-state index in [0.29, 0.717) is 19.5 Å². The van der Waals surface area contributed by atoms with E-state index in [2.05, 4.69) is 31.3 Å². The molecule has 0 aliphatic rings. The fraction of sp³-hybridized carbons (Fsp3) is 0.462. The van der Waals surface area contributed by atoms with Gasteiger partial charge in [0.1, 0.15) is 0 Å². The van der Waals surface area contributed by atoms with Gasteiger partial charge in [-0.25, -0.2) is 0 Å². The van der Waals surface area contributed by atoms with Crippen molar-refractivity contribution in [2.45, 2.75) is 25.7 Å². The molecule has 0 unspecified atom stereocenters. The molecule has 0 saturated carbocycles. The molecule has 0 atom stereocenters. The summed E-state index contributed by atoms with van der Waals surface area (Å²) < 4.78 is 0. The topological polar surface area (TPSA) is 55.1 Å².